The molecule has 1 saturated heterocycles. The number of benzene rings is 3. The van der Waals surface area contributed by atoms with Crippen molar-refractivity contribution in [1.82, 2.24) is 10.0 Å². The Kier molecular flexibility index (Phi) is 6.36. The second-order valence-corrected chi connectivity index (χ2v) is 9.58. The van der Waals surface area contributed by atoms with Crippen molar-refractivity contribution in [3.63, 3.8) is 0 Å². The van der Waals surface area contributed by atoms with Crippen LogP contribution in [-0.2, 0) is 14.8 Å². The van der Waals surface area contributed by atoms with E-state index in [1.807, 2.05) is 43.3 Å². The van der Waals surface area contributed by atoms with Crippen molar-refractivity contribution >= 4 is 26.7 Å². The number of hydrogen-bond donors (Lipinski definition) is 2. The molecule has 162 valence electrons. The van der Waals surface area contributed by atoms with Crippen LogP contribution >= 0.6 is 0 Å². The molecule has 6 nitrogen and oxygen atoms in total. The molecule has 1 amide bonds. The lowest BCUT2D eigenvalue weighted by molar-refractivity contribution is 0.0939. The molecule has 0 bridgehead atoms. The third-order valence-corrected chi connectivity index (χ3v) is 6.97. The number of carbonyl (C=O) groups is 1. The van der Waals surface area contributed by atoms with Gasteiger partial charge in [-0.05, 0) is 60.4 Å². The van der Waals surface area contributed by atoms with Crippen LogP contribution in [0, 0.1) is 0 Å². The molecule has 4 rings (SSSR count). The van der Waals surface area contributed by atoms with E-state index in [1.54, 1.807) is 12.1 Å². The first kappa shape index (κ1) is 21.5. The maximum atomic E-state index is 12.8. The summed E-state index contributed by atoms with van der Waals surface area (Å²) in [5, 5.41) is 5.20. The fraction of sp³-hybridized carbons (Fsp3) is 0.292. The van der Waals surface area contributed by atoms with E-state index in [2.05, 4.69) is 16.1 Å². The average molecular weight is 439 g/mol. The number of ether oxygens (including phenoxy) is 1. The van der Waals surface area contributed by atoms with Gasteiger partial charge in [0.15, 0.2) is 0 Å². The fourth-order valence-corrected chi connectivity index (χ4v) is 4.85. The molecule has 31 heavy (non-hydrogen) atoms. The largest absolute Gasteiger partial charge is 0.377 e. The van der Waals surface area contributed by atoms with Crippen molar-refractivity contribution in [3.05, 3.63) is 77.9 Å². The van der Waals surface area contributed by atoms with Gasteiger partial charge in [-0.1, -0.05) is 42.5 Å². The molecule has 2 N–H and O–H groups in total. The summed E-state index contributed by atoms with van der Waals surface area (Å²) in [6.07, 6.45) is 1.69. The van der Waals surface area contributed by atoms with Gasteiger partial charge in [0.2, 0.25) is 10.0 Å². The Hall–Kier alpha value is -2.74. The van der Waals surface area contributed by atoms with Gasteiger partial charge in [-0.25, -0.2) is 13.1 Å². The maximum absolute atomic E-state index is 12.8. The van der Waals surface area contributed by atoms with Crippen LogP contribution in [0.5, 0.6) is 0 Å². The minimum absolute atomic E-state index is 0.0662. The molecule has 1 aliphatic heterocycles. The Morgan fingerprint density at radius 2 is 1.87 bits per heavy atom. The van der Waals surface area contributed by atoms with E-state index in [1.165, 1.54) is 12.1 Å². The van der Waals surface area contributed by atoms with Crippen LogP contribution in [0.3, 0.4) is 0 Å². The van der Waals surface area contributed by atoms with Crippen LogP contribution in [0.2, 0.25) is 0 Å². The van der Waals surface area contributed by atoms with Gasteiger partial charge < -0.3 is 10.1 Å². The SMILES string of the molecule is CC(NC(=O)c1cccc(S(=O)(=O)NCC2CCCO2)c1)c1ccc2ccccc2c1. The number of fused-ring (bicyclic) bond motifs is 1. The summed E-state index contributed by atoms with van der Waals surface area (Å²) in [7, 11) is -3.72. The quantitative estimate of drug-likeness (QED) is 0.588. The van der Waals surface area contributed by atoms with Crippen molar-refractivity contribution in [2.24, 2.45) is 0 Å². The van der Waals surface area contributed by atoms with E-state index < -0.39 is 10.0 Å². The molecular weight excluding hydrogens is 412 g/mol. The van der Waals surface area contributed by atoms with E-state index in [4.69, 9.17) is 4.74 Å². The Morgan fingerprint density at radius 1 is 1.06 bits per heavy atom. The Labute approximate surface area is 182 Å². The third-order valence-electron chi connectivity index (χ3n) is 5.55. The predicted octanol–water partition coefficient (Wildman–Crippen LogP) is 3.79. The molecule has 7 heteroatoms. The van der Waals surface area contributed by atoms with Gasteiger partial charge in [0.05, 0.1) is 17.0 Å². The molecule has 3 aromatic carbocycles. The lowest BCUT2D eigenvalue weighted by Gasteiger charge is -2.16. The first-order valence-electron chi connectivity index (χ1n) is 10.4. The molecule has 0 aromatic heterocycles. The molecule has 0 saturated carbocycles. The molecule has 1 heterocycles. The van der Waals surface area contributed by atoms with Gasteiger partial charge in [0.25, 0.3) is 5.91 Å². The minimum Gasteiger partial charge on any atom is -0.377 e. The first-order valence-corrected chi connectivity index (χ1v) is 11.9. The topological polar surface area (TPSA) is 84.5 Å². The van der Waals surface area contributed by atoms with Gasteiger partial charge in [-0.3, -0.25) is 4.79 Å². The van der Waals surface area contributed by atoms with Crippen LogP contribution in [-0.4, -0.2) is 33.6 Å². The second kappa shape index (κ2) is 9.18. The van der Waals surface area contributed by atoms with Crippen molar-refractivity contribution in [2.75, 3.05) is 13.2 Å². The van der Waals surface area contributed by atoms with Crippen molar-refractivity contribution < 1.29 is 17.9 Å². The molecule has 1 fully saturated rings. The summed E-state index contributed by atoms with van der Waals surface area (Å²) in [5.74, 6) is -0.322. The zero-order valence-electron chi connectivity index (χ0n) is 17.4. The zero-order valence-corrected chi connectivity index (χ0v) is 18.2. The van der Waals surface area contributed by atoms with E-state index in [-0.39, 0.29) is 29.5 Å². The highest BCUT2D eigenvalue weighted by molar-refractivity contribution is 7.89. The fourth-order valence-electron chi connectivity index (χ4n) is 3.74. The Balaban J connectivity index is 1.45. The first-order chi connectivity index (χ1) is 14.9. The van der Waals surface area contributed by atoms with Gasteiger partial charge in [-0.2, -0.15) is 0 Å². The highest BCUT2D eigenvalue weighted by atomic mass is 32.2. The van der Waals surface area contributed by atoms with Crippen molar-refractivity contribution in [3.8, 4) is 0 Å². The summed E-state index contributed by atoms with van der Waals surface area (Å²) in [6, 6.07) is 20.0. The summed E-state index contributed by atoms with van der Waals surface area (Å²) in [6.45, 7) is 2.81. The molecular formula is C24H26N2O4S. The predicted molar refractivity (Wildman–Crippen MR) is 120 cm³/mol. The molecule has 1 aliphatic rings. The highest BCUT2D eigenvalue weighted by Crippen LogP contribution is 2.21. The summed E-state index contributed by atoms with van der Waals surface area (Å²) in [5.41, 5.74) is 1.28. The van der Waals surface area contributed by atoms with E-state index >= 15 is 0 Å². The van der Waals surface area contributed by atoms with Gasteiger partial charge in [-0.15, -0.1) is 0 Å². The lowest BCUT2D eigenvalue weighted by Crippen LogP contribution is -2.32. The van der Waals surface area contributed by atoms with Gasteiger partial charge >= 0.3 is 0 Å². The van der Waals surface area contributed by atoms with E-state index in [9.17, 15) is 13.2 Å². The van der Waals surface area contributed by atoms with Crippen LogP contribution < -0.4 is 10.0 Å². The van der Waals surface area contributed by atoms with Crippen molar-refractivity contribution in [1.29, 1.82) is 0 Å². The molecule has 3 aromatic rings. The van der Waals surface area contributed by atoms with Gasteiger partial charge in [0, 0.05) is 18.7 Å². The Bertz CT molecular complexity index is 1190. The van der Waals surface area contributed by atoms with E-state index in [0.29, 0.717) is 12.2 Å². The number of hydrogen-bond acceptors (Lipinski definition) is 4. The monoisotopic (exact) mass is 438 g/mol. The standard InChI is InChI=1S/C24H26N2O4S/c1-17(19-12-11-18-6-2-3-7-20(18)14-19)26-24(27)21-8-4-10-23(15-21)31(28,29)25-16-22-9-5-13-30-22/h2-4,6-8,10-12,14-15,17,22,25H,5,9,13,16H2,1H3,(H,26,27). The van der Waals surface area contributed by atoms with Crippen LogP contribution in [0.15, 0.2) is 71.6 Å². The normalized spacial score (nSPS) is 17.5. The molecule has 0 radical (unpaired) electrons. The van der Waals surface area contributed by atoms with Crippen molar-refractivity contribution in [2.45, 2.75) is 36.8 Å². The number of amides is 1. The number of nitrogens with one attached hydrogen (secondary N) is 2. The summed E-state index contributed by atoms with van der Waals surface area (Å²) in [4.78, 5) is 12.9. The third kappa shape index (κ3) is 5.12. The summed E-state index contributed by atoms with van der Waals surface area (Å²) >= 11 is 0. The second-order valence-electron chi connectivity index (χ2n) is 7.82. The zero-order chi connectivity index (χ0) is 21.8. The molecule has 0 aliphatic carbocycles. The lowest BCUT2D eigenvalue weighted by atomic mass is 10.0. The minimum atomic E-state index is -3.72. The maximum Gasteiger partial charge on any atom is 0.251 e. The van der Waals surface area contributed by atoms with Crippen LogP contribution in [0.25, 0.3) is 10.8 Å². The smallest absolute Gasteiger partial charge is 0.251 e. The number of rotatable bonds is 7. The summed E-state index contributed by atoms with van der Waals surface area (Å²) < 4.78 is 33.3. The molecule has 0 spiro atoms. The Morgan fingerprint density at radius 3 is 2.65 bits per heavy atom. The molecule has 2 unspecified atom stereocenters. The molecule has 2 atom stereocenters. The van der Waals surface area contributed by atoms with Crippen LogP contribution in [0.4, 0.5) is 0 Å². The average Bonchev–Trinajstić information content (AvgIpc) is 3.31. The number of carbonyl (C=O) groups excluding carboxylic acids is 1. The van der Waals surface area contributed by atoms with Crippen LogP contribution in [0.1, 0.15) is 41.7 Å². The number of sulfonamides is 1. The highest BCUT2D eigenvalue weighted by Gasteiger charge is 2.21. The van der Waals surface area contributed by atoms with Gasteiger partial charge in [0.1, 0.15) is 0 Å². The van der Waals surface area contributed by atoms with E-state index in [0.717, 1.165) is 29.2 Å².